The third-order valence-corrected chi connectivity index (χ3v) is 3.35. The minimum absolute atomic E-state index is 0.201. The van der Waals surface area contributed by atoms with Crippen molar-refractivity contribution in [1.82, 2.24) is 20.4 Å². The Labute approximate surface area is 144 Å². The summed E-state index contributed by atoms with van der Waals surface area (Å²) in [7, 11) is 0. The number of nitrogen functional groups attached to an aromatic ring is 1. The Kier molecular flexibility index (Phi) is 5.01. The first kappa shape index (κ1) is 16.2. The van der Waals surface area contributed by atoms with Crippen molar-refractivity contribution < 1.29 is 4.79 Å². The lowest BCUT2D eigenvalue weighted by Gasteiger charge is -2.13. The molecule has 0 aliphatic heterocycles. The van der Waals surface area contributed by atoms with Crippen molar-refractivity contribution in [2.24, 2.45) is 0 Å². The molecule has 126 valence electrons. The van der Waals surface area contributed by atoms with Crippen LogP contribution in [0.3, 0.4) is 0 Å². The van der Waals surface area contributed by atoms with Gasteiger partial charge in [0.25, 0.3) is 0 Å². The summed E-state index contributed by atoms with van der Waals surface area (Å²) >= 11 is 0. The van der Waals surface area contributed by atoms with E-state index >= 15 is 0 Å². The highest BCUT2D eigenvalue weighted by atomic mass is 16.2. The molecule has 0 aliphatic rings. The number of nitrogens with two attached hydrogens (primary N) is 1. The molecule has 2 heterocycles. The minimum atomic E-state index is -0.201. The average molecular weight is 335 g/mol. The molecule has 0 radical (unpaired) electrons. The number of hydrogen-bond donors (Lipinski definition) is 4. The van der Waals surface area contributed by atoms with Gasteiger partial charge in [0.15, 0.2) is 11.6 Å². The van der Waals surface area contributed by atoms with Gasteiger partial charge in [0, 0.05) is 18.1 Å². The summed E-state index contributed by atoms with van der Waals surface area (Å²) in [6.45, 7) is 0. The fourth-order valence-electron chi connectivity index (χ4n) is 2.12. The molecule has 3 rings (SSSR count). The Morgan fingerprint density at radius 2 is 1.72 bits per heavy atom. The SMILES string of the molecule is Nc1c(NNC(=O)Cc2ccccc2)ncnc1Nc1ccncc1. The van der Waals surface area contributed by atoms with E-state index < -0.39 is 0 Å². The van der Waals surface area contributed by atoms with Gasteiger partial charge in [-0.2, -0.15) is 0 Å². The number of anilines is 4. The van der Waals surface area contributed by atoms with Crippen molar-refractivity contribution in [2.75, 3.05) is 16.5 Å². The van der Waals surface area contributed by atoms with E-state index in [1.807, 2.05) is 30.3 Å². The number of carbonyl (C=O) groups excluding carboxylic acids is 1. The molecule has 8 heteroatoms. The van der Waals surface area contributed by atoms with Crippen LogP contribution in [0.25, 0.3) is 0 Å². The van der Waals surface area contributed by atoms with Gasteiger partial charge >= 0.3 is 0 Å². The number of rotatable bonds is 6. The highest BCUT2D eigenvalue weighted by Crippen LogP contribution is 2.24. The minimum Gasteiger partial charge on any atom is -0.393 e. The molecule has 0 spiro atoms. The zero-order valence-electron chi connectivity index (χ0n) is 13.3. The van der Waals surface area contributed by atoms with Gasteiger partial charge in [-0.05, 0) is 17.7 Å². The van der Waals surface area contributed by atoms with E-state index in [0.717, 1.165) is 11.3 Å². The summed E-state index contributed by atoms with van der Waals surface area (Å²) in [5.41, 5.74) is 13.4. The Hall–Kier alpha value is -3.68. The Morgan fingerprint density at radius 1 is 1.00 bits per heavy atom. The van der Waals surface area contributed by atoms with Gasteiger partial charge < -0.3 is 11.1 Å². The first-order valence-corrected chi connectivity index (χ1v) is 7.58. The third-order valence-electron chi connectivity index (χ3n) is 3.35. The van der Waals surface area contributed by atoms with Gasteiger partial charge in [-0.25, -0.2) is 9.97 Å². The summed E-state index contributed by atoms with van der Waals surface area (Å²) in [4.78, 5) is 24.1. The van der Waals surface area contributed by atoms with Crippen molar-refractivity contribution in [3.05, 3.63) is 66.7 Å². The lowest BCUT2D eigenvalue weighted by Crippen LogP contribution is -2.31. The number of benzene rings is 1. The van der Waals surface area contributed by atoms with Gasteiger partial charge in [0.1, 0.15) is 12.0 Å². The molecule has 8 nitrogen and oxygen atoms in total. The summed E-state index contributed by atoms with van der Waals surface area (Å²) < 4.78 is 0. The molecule has 1 amide bonds. The van der Waals surface area contributed by atoms with Gasteiger partial charge in [0.05, 0.1) is 6.42 Å². The van der Waals surface area contributed by atoms with E-state index in [9.17, 15) is 4.79 Å². The number of hydrazine groups is 1. The van der Waals surface area contributed by atoms with Crippen LogP contribution in [-0.2, 0) is 11.2 Å². The molecule has 0 atom stereocenters. The summed E-state index contributed by atoms with van der Waals surface area (Å²) in [6, 6.07) is 13.0. The van der Waals surface area contributed by atoms with Crippen LogP contribution in [0.4, 0.5) is 23.0 Å². The van der Waals surface area contributed by atoms with Crippen molar-refractivity contribution in [3.63, 3.8) is 0 Å². The lowest BCUT2D eigenvalue weighted by atomic mass is 10.1. The van der Waals surface area contributed by atoms with Gasteiger partial charge in [-0.1, -0.05) is 30.3 Å². The fraction of sp³-hybridized carbons (Fsp3) is 0.0588. The van der Waals surface area contributed by atoms with Crippen LogP contribution < -0.4 is 21.9 Å². The number of pyridine rings is 1. The smallest absolute Gasteiger partial charge is 0.242 e. The van der Waals surface area contributed by atoms with Crippen molar-refractivity contribution >= 4 is 28.9 Å². The molecule has 0 saturated carbocycles. The second-order valence-electron chi connectivity index (χ2n) is 5.18. The standard InChI is InChI=1S/C17H17N7O/c18-15-16(22-13-6-8-19-9-7-13)20-11-21-17(15)24-23-14(25)10-12-4-2-1-3-5-12/h1-9,11H,10,18H2,(H,23,25)(H2,19,20,21,22,24). The monoisotopic (exact) mass is 335 g/mol. The van der Waals surface area contributed by atoms with Crippen molar-refractivity contribution in [3.8, 4) is 0 Å². The zero-order chi connectivity index (χ0) is 17.5. The highest BCUT2D eigenvalue weighted by Gasteiger charge is 2.09. The molecule has 0 aliphatic carbocycles. The largest absolute Gasteiger partial charge is 0.393 e. The first-order valence-electron chi connectivity index (χ1n) is 7.58. The molecular formula is C17H17N7O. The topological polar surface area (TPSA) is 118 Å². The molecule has 0 bridgehead atoms. The molecule has 0 unspecified atom stereocenters. The predicted octanol–water partition coefficient (Wildman–Crippen LogP) is 1.88. The number of hydrogen-bond acceptors (Lipinski definition) is 7. The number of nitrogens with zero attached hydrogens (tertiary/aromatic N) is 3. The van der Waals surface area contributed by atoms with Crippen LogP contribution in [0.2, 0.25) is 0 Å². The molecule has 0 saturated heterocycles. The molecule has 5 N–H and O–H groups in total. The second-order valence-corrected chi connectivity index (χ2v) is 5.18. The van der Waals surface area contributed by atoms with Crippen LogP contribution in [0.15, 0.2) is 61.2 Å². The second kappa shape index (κ2) is 7.73. The fourth-order valence-corrected chi connectivity index (χ4v) is 2.12. The normalized spacial score (nSPS) is 10.1. The van der Waals surface area contributed by atoms with E-state index in [-0.39, 0.29) is 12.3 Å². The summed E-state index contributed by atoms with van der Waals surface area (Å²) in [6.07, 6.45) is 4.91. The first-order chi connectivity index (χ1) is 12.2. The third kappa shape index (κ3) is 4.41. The molecule has 3 aromatic rings. The molecule has 0 fully saturated rings. The van der Waals surface area contributed by atoms with Gasteiger partial charge in [0.2, 0.25) is 5.91 Å². The number of carbonyl (C=O) groups is 1. The quantitative estimate of drug-likeness (QED) is 0.508. The van der Waals surface area contributed by atoms with Crippen molar-refractivity contribution in [1.29, 1.82) is 0 Å². The van der Waals surface area contributed by atoms with E-state index in [4.69, 9.17) is 5.73 Å². The average Bonchev–Trinajstić information content (AvgIpc) is 2.64. The van der Waals surface area contributed by atoms with E-state index in [1.54, 1.807) is 24.5 Å². The summed E-state index contributed by atoms with van der Waals surface area (Å²) in [5.74, 6) is 0.543. The predicted molar refractivity (Wildman–Crippen MR) is 95.9 cm³/mol. The molecule has 2 aromatic heterocycles. The van der Waals surface area contributed by atoms with Gasteiger partial charge in [-0.15, -0.1) is 0 Å². The molecule has 25 heavy (non-hydrogen) atoms. The van der Waals surface area contributed by atoms with E-state index in [2.05, 4.69) is 31.1 Å². The maximum atomic E-state index is 12.0. The number of amides is 1. The summed E-state index contributed by atoms with van der Waals surface area (Å²) in [5, 5.41) is 3.07. The molecule has 1 aromatic carbocycles. The van der Waals surface area contributed by atoms with Crippen LogP contribution in [0.5, 0.6) is 0 Å². The van der Waals surface area contributed by atoms with E-state index in [1.165, 1.54) is 6.33 Å². The number of aromatic nitrogens is 3. The Morgan fingerprint density at radius 3 is 2.48 bits per heavy atom. The highest BCUT2D eigenvalue weighted by molar-refractivity contribution is 5.82. The van der Waals surface area contributed by atoms with Crippen LogP contribution in [0.1, 0.15) is 5.56 Å². The van der Waals surface area contributed by atoms with Crippen LogP contribution in [-0.4, -0.2) is 20.9 Å². The van der Waals surface area contributed by atoms with Gasteiger partial charge in [-0.3, -0.25) is 20.6 Å². The van der Waals surface area contributed by atoms with E-state index in [0.29, 0.717) is 17.3 Å². The van der Waals surface area contributed by atoms with Crippen molar-refractivity contribution in [2.45, 2.75) is 6.42 Å². The number of nitrogens with one attached hydrogen (secondary N) is 3. The lowest BCUT2D eigenvalue weighted by molar-refractivity contribution is -0.119. The zero-order valence-corrected chi connectivity index (χ0v) is 13.3. The van der Waals surface area contributed by atoms with Crippen LogP contribution >= 0.6 is 0 Å². The maximum Gasteiger partial charge on any atom is 0.242 e. The van der Waals surface area contributed by atoms with Crippen LogP contribution in [0, 0.1) is 0 Å². The molecular weight excluding hydrogens is 318 g/mol. The maximum absolute atomic E-state index is 12.0. The Balaban J connectivity index is 1.63. The Bertz CT molecular complexity index is 840.